The van der Waals surface area contributed by atoms with Gasteiger partial charge in [-0.3, -0.25) is 14.4 Å². The highest BCUT2D eigenvalue weighted by molar-refractivity contribution is 5.71. The minimum absolute atomic E-state index is 0.0668. The van der Waals surface area contributed by atoms with Crippen LogP contribution >= 0.6 is 0 Å². The Morgan fingerprint density at radius 3 is 0.980 bits per heavy atom. The summed E-state index contributed by atoms with van der Waals surface area (Å²) in [5, 5.41) is 0. The van der Waals surface area contributed by atoms with Crippen molar-refractivity contribution in [3.63, 3.8) is 0 Å². The molecular weight excluding hydrogens is 624 g/mol. The van der Waals surface area contributed by atoms with Crippen molar-refractivity contribution in [1.29, 1.82) is 0 Å². The number of rotatable bonds is 38. The minimum atomic E-state index is -0.760. The quantitative estimate of drug-likeness (QED) is 0.0361. The van der Waals surface area contributed by atoms with Gasteiger partial charge in [-0.1, -0.05) is 195 Å². The molecule has 50 heavy (non-hydrogen) atoms. The zero-order chi connectivity index (χ0) is 36.9. The molecule has 0 aliphatic rings. The van der Waals surface area contributed by atoms with Gasteiger partial charge >= 0.3 is 17.9 Å². The molecule has 1 atom stereocenters. The van der Waals surface area contributed by atoms with Crippen molar-refractivity contribution in [1.82, 2.24) is 0 Å². The van der Waals surface area contributed by atoms with Crippen LogP contribution in [0.25, 0.3) is 0 Å². The van der Waals surface area contributed by atoms with Crippen molar-refractivity contribution in [2.75, 3.05) is 13.2 Å². The molecule has 0 rings (SSSR count). The van der Waals surface area contributed by atoms with Gasteiger partial charge in [0, 0.05) is 19.3 Å². The summed E-state index contributed by atoms with van der Waals surface area (Å²) in [6.07, 6.45) is 33.9. The highest BCUT2D eigenvalue weighted by atomic mass is 16.6. The molecule has 6 heteroatoms. The minimum Gasteiger partial charge on any atom is -0.462 e. The van der Waals surface area contributed by atoms with E-state index in [9.17, 15) is 14.4 Å². The van der Waals surface area contributed by atoms with Crippen LogP contribution in [0.2, 0.25) is 0 Å². The first kappa shape index (κ1) is 48.4. The van der Waals surface area contributed by atoms with E-state index in [4.69, 9.17) is 14.2 Å². The predicted octanol–water partition coefficient (Wildman–Crippen LogP) is 13.4. The van der Waals surface area contributed by atoms with E-state index in [1.165, 1.54) is 122 Å². The zero-order valence-corrected chi connectivity index (χ0v) is 34.0. The summed E-state index contributed by atoms with van der Waals surface area (Å²) < 4.78 is 16.7. The van der Waals surface area contributed by atoms with Gasteiger partial charge in [-0.25, -0.2) is 0 Å². The van der Waals surface area contributed by atoms with Gasteiger partial charge in [0.1, 0.15) is 13.2 Å². The van der Waals surface area contributed by atoms with E-state index in [0.29, 0.717) is 19.3 Å². The molecule has 0 radical (unpaired) electrons. The topological polar surface area (TPSA) is 78.9 Å². The van der Waals surface area contributed by atoms with Gasteiger partial charge in [0.05, 0.1) is 0 Å². The predicted molar refractivity (Wildman–Crippen MR) is 210 cm³/mol. The van der Waals surface area contributed by atoms with Crippen LogP contribution in [0.5, 0.6) is 0 Å². The van der Waals surface area contributed by atoms with Crippen molar-refractivity contribution in [2.45, 2.75) is 240 Å². The summed E-state index contributed by atoms with van der Waals surface area (Å²) in [7, 11) is 0. The number of carbonyl (C=O) groups excluding carboxylic acids is 3. The standard InChI is InChI=1S/C44H84O6/c1-6-7-8-9-10-11-12-13-14-15-18-26-31-36-44(47)50-41(38-49-43(46)35-30-25-21-20-23-28-33-40(4)5)37-48-42(45)34-29-24-19-16-17-22-27-32-39(2)3/h39-41H,6-38H2,1-5H3/t41-/m1/s1. The van der Waals surface area contributed by atoms with Crippen molar-refractivity contribution in [2.24, 2.45) is 11.8 Å². The summed E-state index contributed by atoms with van der Waals surface area (Å²) in [6, 6.07) is 0. The largest absolute Gasteiger partial charge is 0.462 e. The molecular formula is C44H84O6. The zero-order valence-electron chi connectivity index (χ0n) is 34.0. The molecule has 0 fully saturated rings. The molecule has 0 amide bonds. The normalized spacial score (nSPS) is 12.1. The van der Waals surface area contributed by atoms with E-state index in [1.54, 1.807) is 0 Å². The molecule has 0 bridgehead atoms. The van der Waals surface area contributed by atoms with E-state index in [0.717, 1.165) is 69.6 Å². The van der Waals surface area contributed by atoms with Crippen LogP contribution in [-0.2, 0) is 28.6 Å². The summed E-state index contributed by atoms with van der Waals surface area (Å²) >= 11 is 0. The third-order valence-electron chi connectivity index (χ3n) is 9.72. The van der Waals surface area contributed by atoms with Gasteiger partial charge in [-0.2, -0.15) is 0 Å². The van der Waals surface area contributed by atoms with Crippen molar-refractivity contribution in [3.05, 3.63) is 0 Å². The van der Waals surface area contributed by atoms with Crippen LogP contribution < -0.4 is 0 Å². The van der Waals surface area contributed by atoms with Gasteiger partial charge in [0.2, 0.25) is 0 Å². The number of ether oxygens (including phenoxy) is 3. The first-order valence-corrected chi connectivity index (χ1v) is 21.7. The lowest BCUT2D eigenvalue weighted by Crippen LogP contribution is -2.30. The second-order valence-corrected chi connectivity index (χ2v) is 15.9. The second kappa shape index (κ2) is 37.2. The molecule has 0 aliphatic carbocycles. The maximum absolute atomic E-state index is 12.7. The Morgan fingerprint density at radius 2 is 0.660 bits per heavy atom. The number of hydrogen-bond donors (Lipinski definition) is 0. The van der Waals surface area contributed by atoms with Crippen LogP contribution in [0.4, 0.5) is 0 Å². The van der Waals surface area contributed by atoms with E-state index >= 15 is 0 Å². The lowest BCUT2D eigenvalue weighted by Gasteiger charge is -2.18. The molecule has 0 spiro atoms. The van der Waals surface area contributed by atoms with Gasteiger partial charge in [0.25, 0.3) is 0 Å². The first-order chi connectivity index (χ1) is 24.2. The van der Waals surface area contributed by atoms with Gasteiger partial charge in [-0.15, -0.1) is 0 Å². The van der Waals surface area contributed by atoms with E-state index < -0.39 is 6.10 Å². The van der Waals surface area contributed by atoms with Crippen LogP contribution in [-0.4, -0.2) is 37.2 Å². The molecule has 0 heterocycles. The lowest BCUT2D eigenvalue weighted by atomic mass is 10.0. The number of hydrogen-bond acceptors (Lipinski definition) is 6. The average molecular weight is 709 g/mol. The number of carbonyl (C=O) groups is 3. The van der Waals surface area contributed by atoms with Gasteiger partial charge in [-0.05, 0) is 31.1 Å². The van der Waals surface area contributed by atoms with Crippen LogP contribution in [0.1, 0.15) is 234 Å². The molecule has 296 valence electrons. The first-order valence-electron chi connectivity index (χ1n) is 21.7. The van der Waals surface area contributed by atoms with Crippen molar-refractivity contribution in [3.8, 4) is 0 Å². The number of esters is 3. The molecule has 0 N–H and O–H groups in total. The lowest BCUT2D eigenvalue weighted by molar-refractivity contribution is -0.167. The van der Waals surface area contributed by atoms with Crippen LogP contribution in [0, 0.1) is 11.8 Å². The highest BCUT2D eigenvalue weighted by Gasteiger charge is 2.19. The molecule has 6 nitrogen and oxygen atoms in total. The van der Waals surface area contributed by atoms with Crippen LogP contribution in [0.15, 0.2) is 0 Å². The Balaban J connectivity index is 4.34. The molecule has 0 saturated heterocycles. The van der Waals surface area contributed by atoms with Crippen molar-refractivity contribution >= 4 is 17.9 Å². The smallest absolute Gasteiger partial charge is 0.306 e. The summed E-state index contributed by atoms with van der Waals surface area (Å²) in [5.41, 5.74) is 0. The maximum Gasteiger partial charge on any atom is 0.306 e. The summed E-state index contributed by atoms with van der Waals surface area (Å²) in [5.74, 6) is 0.678. The Bertz CT molecular complexity index is 764. The molecule has 0 aromatic heterocycles. The summed E-state index contributed by atoms with van der Waals surface area (Å²) in [4.78, 5) is 37.6. The fraction of sp³-hybridized carbons (Fsp3) is 0.932. The van der Waals surface area contributed by atoms with Crippen LogP contribution in [0.3, 0.4) is 0 Å². The SMILES string of the molecule is CCCCCCCCCCCCCCCC(=O)O[C@H](COC(=O)CCCCCCCCCC(C)C)COC(=O)CCCCCCCCC(C)C. The molecule has 0 aromatic carbocycles. The van der Waals surface area contributed by atoms with Gasteiger partial charge < -0.3 is 14.2 Å². The average Bonchev–Trinajstić information content (AvgIpc) is 3.08. The van der Waals surface area contributed by atoms with E-state index in [2.05, 4.69) is 34.6 Å². The Hall–Kier alpha value is -1.59. The van der Waals surface area contributed by atoms with E-state index in [-0.39, 0.29) is 31.1 Å². The van der Waals surface area contributed by atoms with E-state index in [1.807, 2.05) is 0 Å². The fourth-order valence-electron chi connectivity index (χ4n) is 6.40. The number of unbranched alkanes of at least 4 members (excludes halogenated alkanes) is 23. The second-order valence-electron chi connectivity index (χ2n) is 15.9. The van der Waals surface area contributed by atoms with Crippen molar-refractivity contribution < 1.29 is 28.6 Å². The molecule has 0 saturated carbocycles. The highest BCUT2D eigenvalue weighted by Crippen LogP contribution is 2.16. The fourth-order valence-corrected chi connectivity index (χ4v) is 6.40. The molecule has 0 aliphatic heterocycles. The Labute approximate surface area is 310 Å². The monoisotopic (exact) mass is 709 g/mol. The Kier molecular flexibility index (Phi) is 36.0. The van der Waals surface area contributed by atoms with Gasteiger partial charge in [0.15, 0.2) is 6.10 Å². The Morgan fingerprint density at radius 1 is 0.380 bits per heavy atom. The third kappa shape index (κ3) is 37.7. The molecule has 0 unspecified atom stereocenters. The third-order valence-corrected chi connectivity index (χ3v) is 9.72. The maximum atomic E-state index is 12.7. The summed E-state index contributed by atoms with van der Waals surface area (Å²) in [6.45, 7) is 11.2. The molecule has 0 aromatic rings.